The first-order valence-corrected chi connectivity index (χ1v) is 8.10. The lowest BCUT2D eigenvalue weighted by molar-refractivity contribution is -0.133. The van der Waals surface area contributed by atoms with Crippen LogP contribution in [0.25, 0.3) is 0 Å². The number of rotatable bonds is 5. The Hall–Kier alpha value is -1.03. The molecule has 0 aliphatic heterocycles. The van der Waals surface area contributed by atoms with Gasteiger partial charge in [-0.1, -0.05) is 41.3 Å². The topological polar surface area (TPSA) is 29.5 Å². The molecule has 1 saturated carbocycles. The molecule has 4 heteroatoms. The number of benzene rings is 1. The lowest BCUT2D eigenvalue weighted by atomic mass is 9.94. The average Bonchev–Trinajstić information content (AvgIpc) is 2.47. The van der Waals surface area contributed by atoms with Crippen molar-refractivity contribution in [2.24, 2.45) is 0 Å². The first-order chi connectivity index (χ1) is 9.66. The van der Waals surface area contributed by atoms with Crippen molar-refractivity contribution in [2.75, 3.05) is 13.7 Å². The zero-order valence-electron chi connectivity index (χ0n) is 12.0. The van der Waals surface area contributed by atoms with Crippen molar-refractivity contribution in [1.82, 2.24) is 4.90 Å². The highest BCUT2D eigenvalue weighted by molar-refractivity contribution is 9.10. The summed E-state index contributed by atoms with van der Waals surface area (Å²) in [6.07, 6.45) is 6.54. The molecule has 0 heterocycles. The molecule has 0 atom stereocenters. The van der Waals surface area contributed by atoms with Crippen molar-refractivity contribution in [3.8, 4) is 5.75 Å². The summed E-state index contributed by atoms with van der Waals surface area (Å²) in [6.45, 7) is 0.437. The summed E-state index contributed by atoms with van der Waals surface area (Å²) in [5.74, 6) is 0.986. The summed E-state index contributed by atoms with van der Waals surface area (Å²) < 4.78 is 6.60. The summed E-state index contributed by atoms with van der Waals surface area (Å²) >= 11 is 3.40. The van der Waals surface area contributed by atoms with Crippen LogP contribution in [0.3, 0.4) is 0 Å². The number of amides is 1. The maximum absolute atomic E-state index is 12.1. The number of ether oxygens (including phenoxy) is 1. The van der Waals surface area contributed by atoms with Crippen LogP contribution in [-0.2, 0) is 4.79 Å². The van der Waals surface area contributed by atoms with Crippen LogP contribution in [0.1, 0.15) is 38.5 Å². The van der Waals surface area contributed by atoms with Gasteiger partial charge < -0.3 is 9.64 Å². The van der Waals surface area contributed by atoms with E-state index >= 15 is 0 Å². The Morgan fingerprint density at radius 1 is 1.35 bits per heavy atom. The van der Waals surface area contributed by atoms with Gasteiger partial charge in [0.15, 0.2) is 0 Å². The van der Waals surface area contributed by atoms with Crippen molar-refractivity contribution in [3.63, 3.8) is 0 Å². The molecule has 3 nitrogen and oxygen atoms in total. The molecule has 1 aromatic carbocycles. The van der Waals surface area contributed by atoms with Crippen LogP contribution in [0.4, 0.5) is 0 Å². The van der Waals surface area contributed by atoms with Gasteiger partial charge in [0, 0.05) is 17.6 Å². The highest BCUT2D eigenvalue weighted by atomic mass is 79.9. The molecule has 0 radical (unpaired) electrons. The Morgan fingerprint density at radius 3 is 2.80 bits per heavy atom. The zero-order valence-corrected chi connectivity index (χ0v) is 13.6. The third-order valence-electron chi connectivity index (χ3n) is 3.90. The average molecular weight is 340 g/mol. The van der Waals surface area contributed by atoms with E-state index in [0.717, 1.165) is 23.1 Å². The third kappa shape index (κ3) is 4.51. The summed E-state index contributed by atoms with van der Waals surface area (Å²) in [5, 5.41) is 0. The highest BCUT2D eigenvalue weighted by Gasteiger charge is 2.21. The standard InChI is InChI=1S/C16H22BrNO2/c1-18(14-7-3-2-4-8-14)16(19)10-11-20-15-9-5-6-13(17)12-15/h5-6,9,12,14H,2-4,7-8,10-11H2,1H3. The number of hydrogen-bond donors (Lipinski definition) is 0. The maximum Gasteiger partial charge on any atom is 0.225 e. The van der Waals surface area contributed by atoms with Crippen LogP contribution in [0.2, 0.25) is 0 Å². The molecule has 0 N–H and O–H groups in total. The minimum absolute atomic E-state index is 0.187. The van der Waals surface area contributed by atoms with E-state index < -0.39 is 0 Å². The van der Waals surface area contributed by atoms with Gasteiger partial charge in [-0.15, -0.1) is 0 Å². The van der Waals surface area contributed by atoms with Crippen molar-refractivity contribution in [1.29, 1.82) is 0 Å². The predicted octanol–water partition coefficient (Wildman–Crippen LogP) is 4.01. The van der Waals surface area contributed by atoms with E-state index in [1.165, 1.54) is 19.3 Å². The van der Waals surface area contributed by atoms with E-state index in [0.29, 0.717) is 19.1 Å². The van der Waals surface area contributed by atoms with Gasteiger partial charge >= 0.3 is 0 Å². The minimum Gasteiger partial charge on any atom is -0.493 e. The third-order valence-corrected chi connectivity index (χ3v) is 4.39. The quantitative estimate of drug-likeness (QED) is 0.811. The second-order valence-electron chi connectivity index (χ2n) is 5.35. The predicted molar refractivity (Wildman–Crippen MR) is 83.9 cm³/mol. The van der Waals surface area contributed by atoms with E-state index in [9.17, 15) is 4.79 Å². The van der Waals surface area contributed by atoms with E-state index in [-0.39, 0.29) is 5.91 Å². The molecule has 1 aliphatic carbocycles. The van der Waals surface area contributed by atoms with Gasteiger partial charge in [-0.2, -0.15) is 0 Å². The number of halogens is 1. The fourth-order valence-corrected chi connectivity index (χ4v) is 3.04. The Bertz CT molecular complexity index is 444. The minimum atomic E-state index is 0.187. The molecule has 2 rings (SSSR count). The van der Waals surface area contributed by atoms with Gasteiger partial charge in [-0.05, 0) is 31.0 Å². The summed E-state index contributed by atoms with van der Waals surface area (Å²) in [5.41, 5.74) is 0. The normalized spacial score (nSPS) is 15.9. The van der Waals surface area contributed by atoms with Crippen molar-refractivity contribution in [3.05, 3.63) is 28.7 Å². The van der Waals surface area contributed by atoms with Gasteiger partial charge in [-0.25, -0.2) is 0 Å². The molecule has 1 fully saturated rings. The lowest BCUT2D eigenvalue weighted by Crippen LogP contribution is -2.38. The Balaban J connectivity index is 1.74. The van der Waals surface area contributed by atoms with Crippen LogP contribution in [0.15, 0.2) is 28.7 Å². The van der Waals surface area contributed by atoms with Gasteiger partial charge in [-0.3, -0.25) is 4.79 Å². The van der Waals surface area contributed by atoms with Gasteiger partial charge in [0.05, 0.1) is 13.0 Å². The Morgan fingerprint density at radius 2 is 2.10 bits per heavy atom. The molecule has 0 spiro atoms. The second kappa shape index (κ2) is 7.67. The number of hydrogen-bond acceptors (Lipinski definition) is 2. The number of carbonyl (C=O) groups excluding carboxylic acids is 1. The molecular weight excluding hydrogens is 318 g/mol. The number of carbonyl (C=O) groups is 1. The molecule has 0 bridgehead atoms. The fraction of sp³-hybridized carbons (Fsp3) is 0.562. The molecule has 1 aromatic rings. The summed E-state index contributed by atoms with van der Waals surface area (Å²) in [7, 11) is 1.93. The summed E-state index contributed by atoms with van der Waals surface area (Å²) in [6, 6.07) is 8.13. The molecule has 20 heavy (non-hydrogen) atoms. The lowest BCUT2D eigenvalue weighted by Gasteiger charge is -2.31. The smallest absolute Gasteiger partial charge is 0.225 e. The highest BCUT2D eigenvalue weighted by Crippen LogP contribution is 2.22. The van der Waals surface area contributed by atoms with Crippen LogP contribution < -0.4 is 4.74 Å². The monoisotopic (exact) mass is 339 g/mol. The van der Waals surface area contributed by atoms with Crippen LogP contribution in [0.5, 0.6) is 5.75 Å². The number of nitrogens with zero attached hydrogens (tertiary/aromatic N) is 1. The largest absolute Gasteiger partial charge is 0.493 e. The van der Waals surface area contributed by atoms with Crippen LogP contribution in [-0.4, -0.2) is 30.5 Å². The fourth-order valence-electron chi connectivity index (χ4n) is 2.66. The van der Waals surface area contributed by atoms with E-state index in [4.69, 9.17) is 4.74 Å². The van der Waals surface area contributed by atoms with Gasteiger partial charge in [0.1, 0.15) is 5.75 Å². The first kappa shape index (κ1) is 15.4. The molecule has 0 aromatic heterocycles. The van der Waals surface area contributed by atoms with Crippen LogP contribution in [0, 0.1) is 0 Å². The van der Waals surface area contributed by atoms with Gasteiger partial charge in [0.25, 0.3) is 0 Å². The van der Waals surface area contributed by atoms with E-state index in [2.05, 4.69) is 15.9 Å². The zero-order chi connectivity index (χ0) is 14.4. The van der Waals surface area contributed by atoms with Crippen molar-refractivity contribution >= 4 is 21.8 Å². The SMILES string of the molecule is CN(C(=O)CCOc1cccc(Br)c1)C1CCCCC1. The maximum atomic E-state index is 12.1. The van der Waals surface area contributed by atoms with Gasteiger partial charge in [0.2, 0.25) is 5.91 Å². The second-order valence-corrected chi connectivity index (χ2v) is 6.27. The molecule has 0 saturated heterocycles. The Kier molecular flexibility index (Phi) is 5.89. The molecular formula is C16H22BrNO2. The van der Waals surface area contributed by atoms with Crippen molar-refractivity contribution < 1.29 is 9.53 Å². The van der Waals surface area contributed by atoms with E-state index in [1.807, 2.05) is 36.2 Å². The molecule has 1 aliphatic rings. The first-order valence-electron chi connectivity index (χ1n) is 7.31. The summed E-state index contributed by atoms with van der Waals surface area (Å²) in [4.78, 5) is 14.1. The molecule has 1 amide bonds. The van der Waals surface area contributed by atoms with E-state index in [1.54, 1.807) is 0 Å². The molecule has 110 valence electrons. The van der Waals surface area contributed by atoms with Crippen molar-refractivity contribution in [2.45, 2.75) is 44.6 Å². The Labute approximate surface area is 129 Å². The molecule has 0 unspecified atom stereocenters. The van der Waals surface area contributed by atoms with Crippen LogP contribution >= 0.6 is 15.9 Å².